The Labute approximate surface area is 121 Å². The molecule has 1 saturated heterocycles. The zero-order valence-corrected chi connectivity index (χ0v) is 13.2. The molecule has 0 aliphatic carbocycles. The van der Waals surface area contributed by atoms with Gasteiger partial charge in [-0.15, -0.1) is 5.92 Å². The van der Waals surface area contributed by atoms with Crippen LogP contribution in [0.25, 0.3) is 0 Å². The van der Waals surface area contributed by atoms with E-state index >= 15 is 0 Å². The second-order valence-corrected chi connectivity index (χ2v) is 2.94. The van der Waals surface area contributed by atoms with Crippen LogP contribution in [0.3, 0.4) is 0 Å². The molecule has 0 radical (unpaired) electrons. The van der Waals surface area contributed by atoms with Crippen molar-refractivity contribution in [2.75, 3.05) is 0 Å². The number of aliphatic hydroxyl groups is 1. The van der Waals surface area contributed by atoms with E-state index in [0.717, 1.165) is 12.8 Å². The van der Waals surface area contributed by atoms with Crippen LogP contribution in [0.1, 0.15) is 26.7 Å². The van der Waals surface area contributed by atoms with Gasteiger partial charge in [0, 0.05) is 0 Å². The van der Waals surface area contributed by atoms with E-state index in [1.807, 2.05) is 0 Å². The van der Waals surface area contributed by atoms with Crippen molar-refractivity contribution in [2.24, 2.45) is 5.92 Å². The maximum atomic E-state index is 9.24. The Morgan fingerprint density at radius 2 is 2.30 bits per heavy atom. The molecule has 2 atom stereocenters. The SMILES string of the molecule is C[C@H]1[CH-]OC(C)(O)CC1.[Cs+]. The van der Waals surface area contributed by atoms with Crippen molar-refractivity contribution < 1.29 is 78.7 Å². The summed E-state index contributed by atoms with van der Waals surface area (Å²) in [5.41, 5.74) is 0. The van der Waals surface area contributed by atoms with Crippen LogP contribution in [-0.2, 0) is 4.74 Å². The maximum Gasteiger partial charge on any atom is 1.00 e. The van der Waals surface area contributed by atoms with E-state index < -0.39 is 5.79 Å². The molecule has 1 aliphatic rings. The third-order valence-corrected chi connectivity index (χ3v) is 1.62. The molecule has 0 saturated carbocycles. The van der Waals surface area contributed by atoms with Crippen molar-refractivity contribution in [3.8, 4) is 0 Å². The molecule has 1 heterocycles. The summed E-state index contributed by atoms with van der Waals surface area (Å²) in [6.45, 7) is 5.48. The van der Waals surface area contributed by atoms with Crippen molar-refractivity contribution in [1.82, 2.24) is 0 Å². The quantitative estimate of drug-likeness (QED) is 0.528. The van der Waals surface area contributed by atoms with Gasteiger partial charge in [-0.3, -0.25) is 0 Å². The molecule has 0 aromatic carbocycles. The minimum atomic E-state index is -0.896. The average molecular weight is 262 g/mol. The van der Waals surface area contributed by atoms with E-state index in [9.17, 15) is 5.11 Å². The largest absolute Gasteiger partial charge is 1.00 e. The van der Waals surface area contributed by atoms with Gasteiger partial charge in [-0.1, -0.05) is 13.3 Å². The first-order valence-corrected chi connectivity index (χ1v) is 3.34. The molecule has 2 nitrogen and oxygen atoms in total. The minimum Gasteiger partial charge on any atom is -0.527 e. The van der Waals surface area contributed by atoms with E-state index in [-0.39, 0.29) is 68.9 Å². The second-order valence-electron chi connectivity index (χ2n) is 2.94. The predicted octanol–water partition coefficient (Wildman–Crippen LogP) is -1.69. The first-order valence-electron chi connectivity index (χ1n) is 3.34. The van der Waals surface area contributed by atoms with Crippen LogP contribution in [0.4, 0.5) is 0 Å². The zero-order chi connectivity index (χ0) is 6.91. The van der Waals surface area contributed by atoms with Gasteiger partial charge in [-0.05, 0) is 13.3 Å². The van der Waals surface area contributed by atoms with Crippen molar-refractivity contribution in [1.29, 1.82) is 0 Å². The number of hydrogen-bond acceptors (Lipinski definition) is 2. The molecule has 0 aromatic rings. The van der Waals surface area contributed by atoms with Gasteiger partial charge in [0.1, 0.15) is 5.79 Å². The summed E-state index contributed by atoms with van der Waals surface area (Å²) in [6, 6.07) is 0. The molecule has 0 bridgehead atoms. The molecule has 54 valence electrons. The predicted molar refractivity (Wildman–Crippen MR) is 34.4 cm³/mol. The second kappa shape index (κ2) is 4.87. The topological polar surface area (TPSA) is 29.5 Å². The molecule has 0 aromatic heterocycles. The van der Waals surface area contributed by atoms with Crippen molar-refractivity contribution >= 4 is 0 Å². The molecule has 1 unspecified atom stereocenters. The number of hydrogen-bond donors (Lipinski definition) is 1. The molecular formula is C7H13CsO2. The third-order valence-electron chi connectivity index (χ3n) is 1.62. The monoisotopic (exact) mass is 262 g/mol. The molecule has 1 aliphatic heterocycles. The molecule has 3 heteroatoms. The fraction of sp³-hybridized carbons (Fsp3) is 0.857. The van der Waals surface area contributed by atoms with Gasteiger partial charge in [-0.25, -0.2) is 6.61 Å². The van der Waals surface area contributed by atoms with E-state index in [1.165, 1.54) is 0 Å². The Morgan fingerprint density at radius 1 is 1.70 bits per heavy atom. The smallest absolute Gasteiger partial charge is 0.527 e. The fourth-order valence-corrected chi connectivity index (χ4v) is 0.885. The van der Waals surface area contributed by atoms with Crippen molar-refractivity contribution in [3.63, 3.8) is 0 Å². The van der Waals surface area contributed by atoms with Crippen LogP contribution in [0, 0.1) is 12.5 Å². The van der Waals surface area contributed by atoms with Crippen molar-refractivity contribution in [2.45, 2.75) is 32.5 Å². The minimum absolute atomic E-state index is 0. The van der Waals surface area contributed by atoms with Crippen LogP contribution in [-0.4, -0.2) is 10.9 Å². The van der Waals surface area contributed by atoms with Crippen LogP contribution in [0.2, 0.25) is 0 Å². The normalized spacial score (nSPS) is 40.5. The number of ether oxygens (including phenoxy) is 1. The standard InChI is InChI=1S/C7H13O2.Cs/c1-6-3-4-7(2,8)9-5-6;/h5-6,8H,3-4H2,1-2H3;/q-1;+1/t6-,7?;/m1./s1. The molecule has 1 N–H and O–H groups in total. The van der Waals surface area contributed by atoms with E-state index in [1.54, 1.807) is 13.5 Å². The Hall–Kier alpha value is 1.97. The maximum absolute atomic E-state index is 9.24. The fourth-order valence-electron chi connectivity index (χ4n) is 0.885. The van der Waals surface area contributed by atoms with Gasteiger partial charge in [0.15, 0.2) is 0 Å². The van der Waals surface area contributed by atoms with Crippen molar-refractivity contribution in [3.05, 3.63) is 6.61 Å². The molecule has 1 rings (SSSR count). The molecule has 0 spiro atoms. The van der Waals surface area contributed by atoms with Crippen LogP contribution in [0.15, 0.2) is 0 Å². The summed E-state index contributed by atoms with van der Waals surface area (Å²) in [5, 5.41) is 9.24. The average Bonchev–Trinajstić information content (AvgIpc) is 1.78. The van der Waals surface area contributed by atoms with E-state index in [2.05, 4.69) is 6.92 Å². The van der Waals surface area contributed by atoms with Crippen LogP contribution >= 0.6 is 0 Å². The summed E-state index contributed by atoms with van der Waals surface area (Å²) in [5.74, 6) is -0.405. The van der Waals surface area contributed by atoms with Gasteiger partial charge in [0.25, 0.3) is 0 Å². The summed E-state index contributed by atoms with van der Waals surface area (Å²) in [4.78, 5) is 0. The van der Waals surface area contributed by atoms with Crippen LogP contribution < -0.4 is 68.9 Å². The van der Waals surface area contributed by atoms with Gasteiger partial charge in [0.2, 0.25) is 0 Å². The molecule has 0 amide bonds. The summed E-state index contributed by atoms with van der Waals surface area (Å²) >= 11 is 0. The Morgan fingerprint density at radius 3 is 2.60 bits per heavy atom. The van der Waals surface area contributed by atoms with E-state index in [4.69, 9.17) is 4.74 Å². The molecule has 10 heavy (non-hydrogen) atoms. The Bertz CT molecular complexity index is 93.8. The van der Waals surface area contributed by atoms with Gasteiger partial charge in [-0.2, -0.15) is 0 Å². The first kappa shape index (κ1) is 12.0. The van der Waals surface area contributed by atoms with Gasteiger partial charge >= 0.3 is 68.9 Å². The third kappa shape index (κ3) is 4.11. The summed E-state index contributed by atoms with van der Waals surface area (Å²) in [7, 11) is 0. The van der Waals surface area contributed by atoms with Gasteiger partial charge < -0.3 is 9.84 Å². The van der Waals surface area contributed by atoms with E-state index in [0.29, 0.717) is 5.92 Å². The zero-order valence-electron chi connectivity index (χ0n) is 6.92. The van der Waals surface area contributed by atoms with Gasteiger partial charge in [0.05, 0.1) is 0 Å². The Kier molecular flexibility index (Phi) is 5.83. The summed E-state index contributed by atoms with van der Waals surface area (Å²) in [6.07, 6.45) is 1.76. The van der Waals surface area contributed by atoms with Crippen LogP contribution in [0.5, 0.6) is 0 Å². The molecule has 1 fully saturated rings. The number of rotatable bonds is 0. The Balaban J connectivity index is 0.000000810. The molecular weight excluding hydrogens is 249 g/mol. The first-order chi connectivity index (χ1) is 4.10. The summed E-state index contributed by atoms with van der Waals surface area (Å²) < 4.78 is 5.01.